The zero-order valence-corrected chi connectivity index (χ0v) is 12.9. The molecule has 0 aromatic heterocycles. The van der Waals surface area contributed by atoms with Gasteiger partial charge in [0.05, 0.1) is 5.56 Å². The van der Waals surface area contributed by atoms with E-state index in [1.165, 1.54) is 6.07 Å². The van der Waals surface area contributed by atoms with Crippen LogP contribution in [0.4, 0.5) is 10.1 Å². The number of halogens is 1. The predicted octanol–water partition coefficient (Wildman–Crippen LogP) is 2.72. The highest BCUT2D eigenvalue weighted by molar-refractivity contribution is 7.98. The fraction of sp³-hybridized carbons (Fsp3) is 0.500. The highest BCUT2D eigenvalue weighted by Gasteiger charge is 2.20. The van der Waals surface area contributed by atoms with E-state index in [1.54, 1.807) is 40.7 Å². The summed E-state index contributed by atoms with van der Waals surface area (Å²) in [4.78, 5) is 15.6. The molecule has 0 fully saturated rings. The Morgan fingerprint density at radius 1 is 1.37 bits per heavy atom. The third-order valence-electron chi connectivity index (χ3n) is 3.09. The average molecular weight is 284 g/mol. The molecule has 0 aliphatic rings. The Hall–Kier alpha value is -1.23. The summed E-state index contributed by atoms with van der Waals surface area (Å²) in [5.41, 5.74) is 0.870. The van der Waals surface area contributed by atoms with Gasteiger partial charge >= 0.3 is 0 Å². The molecule has 1 aromatic carbocycles. The fourth-order valence-corrected chi connectivity index (χ4v) is 2.40. The van der Waals surface area contributed by atoms with Crippen LogP contribution >= 0.6 is 11.8 Å². The van der Waals surface area contributed by atoms with Crippen molar-refractivity contribution in [3.8, 4) is 0 Å². The Morgan fingerprint density at radius 3 is 2.47 bits per heavy atom. The summed E-state index contributed by atoms with van der Waals surface area (Å²) in [6.07, 6.45) is 1.99. The van der Waals surface area contributed by atoms with E-state index in [1.807, 2.05) is 27.3 Å². The first kappa shape index (κ1) is 15.8. The van der Waals surface area contributed by atoms with Crippen molar-refractivity contribution in [2.45, 2.75) is 13.0 Å². The molecule has 0 radical (unpaired) electrons. The minimum Gasteiger partial charge on any atom is -0.378 e. The smallest absolute Gasteiger partial charge is 0.256 e. The molecule has 0 unspecified atom stereocenters. The van der Waals surface area contributed by atoms with Crippen molar-refractivity contribution in [1.82, 2.24) is 4.90 Å². The number of thioether (sulfide) groups is 1. The van der Waals surface area contributed by atoms with Crippen LogP contribution in [0.5, 0.6) is 0 Å². The van der Waals surface area contributed by atoms with Gasteiger partial charge in [-0.15, -0.1) is 0 Å². The van der Waals surface area contributed by atoms with Crippen molar-refractivity contribution in [2.24, 2.45) is 0 Å². The Bertz CT molecular complexity index is 451. The molecule has 1 atom stereocenters. The normalized spacial score (nSPS) is 12.1. The summed E-state index contributed by atoms with van der Waals surface area (Å²) < 4.78 is 14.0. The molecule has 1 rings (SSSR count). The number of carbonyl (C=O) groups is 1. The number of nitrogens with zero attached hydrogens (tertiary/aromatic N) is 2. The van der Waals surface area contributed by atoms with Crippen LogP contribution in [-0.2, 0) is 0 Å². The number of hydrogen-bond donors (Lipinski definition) is 0. The molecule has 0 aliphatic heterocycles. The van der Waals surface area contributed by atoms with Crippen LogP contribution in [0.3, 0.4) is 0 Å². The van der Waals surface area contributed by atoms with Gasteiger partial charge in [0.1, 0.15) is 5.82 Å². The molecule has 0 saturated carbocycles. The predicted molar refractivity (Wildman–Crippen MR) is 80.7 cm³/mol. The summed E-state index contributed by atoms with van der Waals surface area (Å²) in [5.74, 6) is 0.0865. The number of benzene rings is 1. The summed E-state index contributed by atoms with van der Waals surface area (Å²) in [6.45, 7) is 1.96. The molecule has 0 bridgehead atoms. The van der Waals surface area contributed by atoms with Crippen LogP contribution < -0.4 is 4.90 Å². The van der Waals surface area contributed by atoms with Gasteiger partial charge in [0.25, 0.3) is 5.91 Å². The maximum Gasteiger partial charge on any atom is 0.256 e. The standard InChI is InChI=1S/C14H21FN2OS/c1-10(9-19-5)17(4)14(18)12-7-6-11(16(2)3)8-13(12)15/h6-8,10H,9H2,1-5H3/t10-/m1/s1. The van der Waals surface area contributed by atoms with Crippen molar-refractivity contribution < 1.29 is 9.18 Å². The van der Waals surface area contributed by atoms with E-state index in [0.29, 0.717) is 0 Å². The maximum atomic E-state index is 14.0. The van der Waals surface area contributed by atoms with Crippen molar-refractivity contribution in [2.75, 3.05) is 38.1 Å². The lowest BCUT2D eigenvalue weighted by atomic mass is 10.1. The summed E-state index contributed by atoms with van der Waals surface area (Å²) in [7, 11) is 5.38. The molecule has 19 heavy (non-hydrogen) atoms. The molecular formula is C14H21FN2OS. The SMILES string of the molecule is CSC[C@@H](C)N(C)C(=O)c1ccc(N(C)C)cc1F. The minimum absolute atomic E-state index is 0.0791. The highest BCUT2D eigenvalue weighted by atomic mass is 32.2. The van der Waals surface area contributed by atoms with Gasteiger partial charge in [-0.05, 0) is 31.4 Å². The van der Waals surface area contributed by atoms with E-state index in [-0.39, 0.29) is 17.5 Å². The van der Waals surface area contributed by atoms with E-state index in [0.717, 1.165) is 11.4 Å². The molecule has 106 valence electrons. The third-order valence-corrected chi connectivity index (χ3v) is 3.90. The number of hydrogen-bond acceptors (Lipinski definition) is 3. The Balaban J connectivity index is 2.94. The topological polar surface area (TPSA) is 23.6 Å². The van der Waals surface area contributed by atoms with Crippen molar-refractivity contribution in [1.29, 1.82) is 0 Å². The second-order valence-electron chi connectivity index (χ2n) is 4.78. The van der Waals surface area contributed by atoms with Gasteiger partial charge in [-0.3, -0.25) is 4.79 Å². The average Bonchev–Trinajstić information content (AvgIpc) is 2.37. The molecule has 0 heterocycles. The molecule has 0 aliphatic carbocycles. The van der Waals surface area contributed by atoms with Gasteiger partial charge in [0, 0.05) is 38.6 Å². The fourth-order valence-electron chi connectivity index (χ4n) is 1.70. The number of anilines is 1. The first-order valence-electron chi connectivity index (χ1n) is 6.11. The van der Waals surface area contributed by atoms with E-state index in [2.05, 4.69) is 0 Å². The van der Waals surface area contributed by atoms with Crippen LogP contribution in [0.25, 0.3) is 0 Å². The van der Waals surface area contributed by atoms with E-state index < -0.39 is 5.82 Å². The Labute approximate surface area is 118 Å². The Morgan fingerprint density at radius 2 is 2.00 bits per heavy atom. The summed E-state index contributed by atoms with van der Waals surface area (Å²) in [5, 5.41) is 0. The lowest BCUT2D eigenvalue weighted by Crippen LogP contribution is -2.37. The molecular weight excluding hydrogens is 263 g/mol. The van der Waals surface area contributed by atoms with E-state index >= 15 is 0 Å². The van der Waals surface area contributed by atoms with Crippen LogP contribution in [0.1, 0.15) is 17.3 Å². The van der Waals surface area contributed by atoms with Gasteiger partial charge in [0.2, 0.25) is 0 Å². The lowest BCUT2D eigenvalue weighted by molar-refractivity contribution is 0.0753. The zero-order valence-electron chi connectivity index (χ0n) is 12.1. The monoisotopic (exact) mass is 284 g/mol. The van der Waals surface area contributed by atoms with Gasteiger partial charge in [-0.1, -0.05) is 0 Å². The Kier molecular flexibility index (Phi) is 5.66. The third kappa shape index (κ3) is 3.86. The number of rotatable bonds is 5. The highest BCUT2D eigenvalue weighted by Crippen LogP contribution is 2.19. The summed E-state index contributed by atoms with van der Waals surface area (Å²) in [6, 6.07) is 4.77. The molecule has 3 nitrogen and oxygen atoms in total. The van der Waals surface area contributed by atoms with Crippen molar-refractivity contribution >= 4 is 23.4 Å². The minimum atomic E-state index is -0.473. The van der Waals surface area contributed by atoms with Crippen LogP contribution in [0.15, 0.2) is 18.2 Å². The molecule has 0 N–H and O–H groups in total. The molecule has 5 heteroatoms. The largest absolute Gasteiger partial charge is 0.378 e. The maximum absolute atomic E-state index is 14.0. The molecule has 0 saturated heterocycles. The number of carbonyl (C=O) groups excluding carboxylic acids is 1. The van der Waals surface area contributed by atoms with Crippen molar-refractivity contribution in [3.05, 3.63) is 29.6 Å². The zero-order chi connectivity index (χ0) is 14.6. The number of amides is 1. The van der Waals surface area contributed by atoms with E-state index in [4.69, 9.17) is 0 Å². The van der Waals surface area contributed by atoms with Crippen molar-refractivity contribution in [3.63, 3.8) is 0 Å². The van der Waals surface area contributed by atoms with Crippen LogP contribution in [-0.4, -0.2) is 50.0 Å². The molecule has 1 aromatic rings. The second-order valence-corrected chi connectivity index (χ2v) is 5.69. The summed E-state index contributed by atoms with van der Waals surface area (Å²) >= 11 is 1.67. The molecule has 0 spiro atoms. The second kappa shape index (κ2) is 6.80. The quantitative estimate of drug-likeness (QED) is 0.830. The first-order valence-corrected chi connectivity index (χ1v) is 7.50. The van der Waals surface area contributed by atoms with Gasteiger partial charge in [0.15, 0.2) is 0 Å². The van der Waals surface area contributed by atoms with Gasteiger partial charge < -0.3 is 9.80 Å². The van der Waals surface area contributed by atoms with E-state index in [9.17, 15) is 9.18 Å². The van der Waals surface area contributed by atoms with Gasteiger partial charge in [-0.2, -0.15) is 11.8 Å². The first-order chi connectivity index (χ1) is 8.88. The lowest BCUT2D eigenvalue weighted by Gasteiger charge is -2.25. The van der Waals surface area contributed by atoms with Crippen LogP contribution in [0, 0.1) is 5.82 Å². The molecule has 1 amide bonds. The van der Waals surface area contributed by atoms with Gasteiger partial charge in [-0.25, -0.2) is 4.39 Å². The van der Waals surface area contributed by atoms with Crippen LogP contribution in [0.2, 0.25) is 0 Å².